The number of hydrogen-bond donors (Lipinski definition) is 0. The van der Waals surface area contributed by atoms with Crippen LogP contribution in [-0.2, 0) is 6.54 Å². The summed E-state index contributed by atoms with van der Waals surface area (Å²) in [7, 11) is 0. The molecule has 0 aromatic heterocycles. The van der Waals surface area contributed by atoms with Crippen LogP contribution in [0.4, 0.5) is 8.78 Å². The molecule has 0 aliphatic carbocycles. The van der Waals surface area contributed by atoms with Crippen molar-refractivity contribution in [2.45, 2.75) is 49.7 Å². The Morgan fingerprint density at radius 1 is 0.724 bits per heavy atom. The Kier molecular flexibility index (Phi) is 4.92. The number of hydrogen-bond acceptors (Lipinski definition) is 1. The molecule has 5 rings (SSSR count). The Morgan fingerprint density at radius 2 is 1.34 bits per heavy atom. The molecule has 2 fully saturated rings. The van der Waals surface area contributed by atoms with E-state index in [0.717, 1.165) is 19.4 Å². The van der Waals surface area contributed by atoms with Crippen LogP contribution in [0.1, 0.15) is 47.8 Å². The highest BCUT2D eigenvalue weighted by Crippen LogP contribution is 2.51. The highest BCUT2D eigenvalue weighted by Gasteiger charge is 2.47. The first-order chi connectivity index (χ1) is 14.2. The standard InChI is InChI=1S/C26H25F2N/c27-21-10-6-19(7-11-21)24-16-23-14-15-25(26(24)20-8-12-22(28)13-9-20)29(23)17-18-4-2-1-3-5-18/h1-13,23-26H,14-17H2/t23?,24-,25?,26?/m0/s1. The van der Waals surface area contributed by atoms with E-state index in [1.807, 2.05) is 24.3 Å². The van der Waals surface area contributed by atoms with E-state index in [-0.39, 0.29) is 17.6 Å². The van der Waals surface area contributed by atoms with E-state index in [1.165, 1.54) is 23.1 Å². The van der Waals surface area contributed by atoms with Gasteiger partial charge in [-0.1, -0.05) is 54.6 Å². The van der Waals surface area contributed by atoms with Gasteiger partial charge in [0.25, 0.3) is 0 Å². The summed E-state index contributed by atoms with van der Waals surface area (Å²) in [4.78, 5) is 2.66. The molecule has 3 aromatic carbocycles. The van der Waals surface area contributed by atoms with E-state index < -0.39 is 0 Å². The smallest absolute Gasteiger partial charge is 0.123 e. The van der Waals surface area contributed by atoms with Crippen LogP contribution >= 0.6 is 0 Å². The van der Waals surface area contributed by atoms with Gasteiger partial charge in [-0.3, -0.25) is 4.90 Å². The summed E-state index contributed by atoms with van der Waals surface area (Å²) in [6.07, 6.45) is 3.39. The molecule has 29 heavy (non-hydrogen) atoms. The van der Waals surface area contributed by atoms with Crippen molar-refractivity contribution in [1.82, 2.24) is 4.90 Å². The highest BCUT2D eigenvalue weighted by atomic mass is 19.1. The second-order valence-corrected chi connectivity index (χ2v) is 8.43. The fourth-order valence-corrected chi connectivity index (χ4v) is 5.55. The maximum absolute atomic E-state index is 13.6. The van der Waals surface area contributed by atoms with Crippen molar-refractivity contribution >= 4 is 0 Å². The maximum atomic E-state index is 13.6. The molecule has 0 amide bonds. The van der Waals surface area contributed by atoms with Crippen molar-refractivity contribution in [3.8, 4) is 0 Å². The molecular formula is C26H25F2N. The molecule has 0 spiro atoms. The number of piperidine rings is 1. The fraction of sp³-hybridized carbons (Fsp3) is 0.308. The summed E-state index contributed by atoms with van der Waals surface area (Å²) in [6.45, 7) is 0.948. The van der Waals surface area contributed by atoms with E-state index in [2.05, 4.69) is 35.2 Å². The molecule has 0 radical (unpaired) electrons. The van der Waals surface area contributed by atoms with Crippen molar-refractivity contribution in [3.63, 3.8) is 0 Å². The molecule has 2 heterocycles. The van der Waals surface area contributed by atoms with E-state index in [0.29, 0.717) is 18.0 Å². The molecule has 0 N–H and O–H groups in total. The van der Waals surface area contributed by atoms with Crippen LogP contribution in [0.5, 0.6) is 0 Å². The first-order valence-electron chi connectivity index (χ1n) is 10.5. The minimum absolute atomic E-state index is 0.198. The monoisotopic (exact) mass is 389 g/mol. The van der Waals surface area contributed by atoms with Gasteiger partial charge in [-0.25, -0.2) is 8.78 Å². The lowest BCUT2D eigenvalue weighted by Gasteiger charge is -2.45. The van der Waals surface area contributed by atoms with Gasteiger partial charge in [0.2, 0.25) is 0 Å². The third-order valence-corrected chi connectivity index (χ3v) is 6.83. The van der Waals surface area contributed by atoms with Gasteiger partial charge >= 0.3 is 0 Å². The van der Waals surface area contributed by atoms with Gasteiger partial charge in [-0.05, 0) is 66.1 Å². The number of halogens is 2. The van der Waals surface area contributed by atoms with Gasteiger partial charge in [0.1, 0.15) is 11.6 Å². The molecule has 3 heteroatoms. The average Bonchev–Trinajstić information content (AvgIpc) is 3.01. The minimum Gasteiger partial charge on any atom is -0.293 e. The molecule has 3 aromatic rings. The van der Waals surface area contributed by atoms with Crippen LogP contribution in [-0.4, -0.2) is 17.0 Å². The summed E-state index contributed by atoms with van der Waals surface area (Å²) in [5.41, 5.74) is 3.71. The van der Waals surface area contributed by atoms with Crippen LogP contribution in [0.3, 0.4) is 0 Å². The van der Waals surface area contributed by atoms with E-state index in [4.69, 9.17) is 0 Å². The molecule has 2 bridgehead atoms. The third kappa shape index (κ3) is 3.60. The fourth-order valence-electron chi connectivity index (χ4n) is 5.55. The summed E-state index contributed by atoms with van der Waals surface area (Å²) in [5.74, 6) is 0.207. The molecular weight excluding hydrogens is 364 g/mol. The van der Waals surface area contributed by atoms with Gasteiger partial charge in [0.05, 0.1) is 0 Å². The van der Waals surface area contributed by atoms with Crippen molar-refractivity contribution in [2.75, 3.05) is 0 Å². The molecule has 3 unspecified atom stereocenters. The van der Waals surface area contributed by atoms with Gasteiger partial charge in [0, 0.05) is 24.5 Å². The molecule has 4 atom stereocenters. The van der Waals surface area contributed by atoms with Crippen molar-refractivity contribution < 1.29 is 8.78 Å². The van der Waals surface area contributed by atoms with Crippen LogP contribution in [0.15, 0.2) is 78.9 Å². The minimum atomic E-state index is -0.201. The zero-order valence-electron chi connectivity index (χ0n) is 16.3. The average molecular weight is 389 g/mol. The zero-order chi connectivity index (χ0) is 19.8. The Bertz CT molecular complexity index is 952. The molecule has 0 saturated carbocycles. The first kappa shape index (κ1) is 18.5. The predicted octanol–water partition coefficient (Wildman–Crippen LogP) is 6.27. The molecule has 1 nitrogen and oxygen atoms in total. The van der Waals surface area contributed by atoms with Crippen LogP contribution in [0.25, 0.3) is 0 Å². The molecule has 2 saturated heterocycles. The highest BCUT2D eigenvalue weighted by molar-refractivity contribution is 5.34. The summed E-state index contributed by atoms with van der Waals surface area (Å²) in [5, 5.41) is 0. The summed E-state index contributed by atoms with van der Waals surface area (Å²) in [6, 6.07) is 25.6. The second-order valence-electron chi connectivity index (χ2n) is 8.43. The number of fused-ring (bicyclic) bond motifs is 2. The SMILES string of the molecule is Fc1ccc(C2C3CCC(C[C@H]2c2ccc(F)cc2)N3Cc2ccccc2)cc1. The number of rotatable bonds is 4. The molecule has 2 aliphatic rings. The van der Waals surface area contributed by atoms with Crippen molar-refractivity contribution in [2.24, 2.45) is 0 Å². The molecule has 148 valence electrons. The lowest BCUT2D eigenvalue weighted by molar-refractivity contribution is 0.0980. The van der Waals surface area contributed by atoms with Gasteiger partial charge in [0.15, 0.2) is 0 Å². The third-order valence-electron chi connectivity index (χ3n) is 6.83. The predicted molar refractivity (Wildman–Crippen MR) is 112 cm³/mol. The quantitative estimate of drug-likeness (QED) is 0.508. The first-order valence-corrected chi connectivity index (χ1v) is 10.5. The Hall–Kier alpha value is -2.52. The molecule has 2 aliphatic heterocycles. The number of benzene rings is 3. The topological polar surface area (TPSA) is 3.24 Å². The van der Waals surface area contributed by atoms with E-state index >= 15 is 0 Å². The Balaban J connectivity index is 1.52. The second kappa shape index (κ2) is 7.72. The maximum Gasteiger partial charge on any atom is 0.123 e. The normalized spacial score (nSPS) is 26.6. The Labute approximate surface area is 171 Å². The lowest BCUT2D eigenvalue weighted by atomic mass is 9.72. The zero-order valence-corrected chi connectivity index (χ0v) is 16.3. The largest absolute Gasteiger partial charge is 0.293 e. The van der Waals surface area contributed by atoms with Gasteiger partial charge in [-0.15, -0.1) is 0 Å². The van der Waals surface area contributed by atoms with Gasteiger partial charge < -0.3 is 0 Å². The van der Waals surface area contributed by atoms with Crippen LogP contribution in [0, 0.1) is 11.6 Å². The Morgan fingerprint density at radius 3 is 2.00 bits per heavy atom. The van der Waals surface area contributed by atoms with Crippen LogP contribution in [0.2, 0.25) is 0 Å². The summed E-state index contributed by atoms with van der Waals surface area (Å²) >= 11 is 0. The van der Waals surface area contributed by atoms with Crippen molar-refractivity contribution in [1.29, 1.82) is 0 Å². The van der Waals surface area contributed by atoms with Crippen molar-refractivity contribution in [3.05, 3.63) is 107 Å². The van der Waals surface area contributed by atoms with E-state index in [9.17, 15) is 8.78 Å². The number of nitrogens with zero attached hydrogens (tertiary/aromatic N) is 1. The van der Waals surface area contributed by atoms with Crippen LogP contribution < -0.4 is 0 Å². The van der Waals surface area contributed by atoms with E-state index in [1.54, 1.807) is 24.3 Å². The summed E-state index contributed by atoms with van der Waals surface area (Å²) < 4.78 is 27.2. The lowest BCUT2D eigenvalue weighted by Crippen LogP contribution is -2.46. The van der Waals surface area contributed by atoms with Gasteiger partial charge in [-0.2, -0.15) is 0 Å².